The van der Waals surface area contributed by atoms with Crippen LogP contribution < -0.4 is 10.6 Å². The van der Waals surface area contributed by atoms with Crippen molar-refractivity contribution < 1.29 is 24.2 Å². The number of aromatic hydroxyl groups is 1. The monoisotopic (exact) mass is 539 g/mol. The predicted octanol–water partition coefficient (Wildman–Crippen LogP) is 6.34. The van der Waals surface area contributed by atoms with Crippen molar-refractivity contribution in [3.05, 3.63) is 59.7 Å². The lowest BCUT2D eigenvalue weighted by Crippen LogP contribution is -2.60. The molecule has 3 amide bonds. The first-order valence-electron chi connectivity index (χ1n) is 13.6. The van der Waals surface area contributed by atoms with Gasteiger partial charge in [-0.2, -0.15) is 0 Å². The minimum atomic E-state index is -1.09. The maximum Gasteiger partial charge on any atom is 0.408 e. The summed E-state index contributed by atoms with van der Waals surface area (Å²) in [6, 6.07) is 11.7. The lowest BCUT2D eigenvalue weighted by Gasteiger charge is -2.45. The Kier molecular flexibility index (Phi) is 10.6. The first-order valence-corrected chi connectivity index (χ1v) is 13.6. The third-order valence-electron chi connectivity index (χ3n) is 7.00. The topological polar surface area (TPSA) is 108 Å². The van der Waals surface area contributed by atoms with Crippen LogP contribution in [-0.2, 0) is 14.3 Å². The van der Waals surface area contributed by atoms with E-state index in [1.165, 1.54) is 12.1 Å². The molecule has 0 radical (unpaired) electrons. The molecule has 0 aliphatic carbocycles. The van der Waals surface area contributed by atoms with Gasteiger partial charge in [0, 0.05) is 11.2 Å². The van der Waals surface area contributed by atoms with Crippen molar-refractivity contribution in [2.75, 3.05) is 5.32 Å². The number of hydrogen-bond donors (Lipinski definition) is 3. The number of carbonyl (C=O) groups is 3. The second kappa shape index (κ2) is 13.0. The van der Waals surface area contributed by atoms with Crippen molar-refractivity contribution in [1.82, 2.24) is 10.2 Å². The lowest BCUT2D eigenvalue weighted by molar-refractivity contribution is -0.148. The fraction of sp³-hybridized carbons (Fsp3) is 0.516. The predicted molar refractivity (Wildman–Crippen MR) is 154 cm³/mol. The van der Waals surface area contributed by atoms with Gasteiger partial charge in [0.1, 0.15) is 23.4 Å². The number of hydrogen-bond acceptors (Lipinski definition) is 5. The number of alkyl carbamates (subject to hydrolysis) is 1. The minimum Gasteiger partial charge on any atom is -0.508 e. The summed E-state index contributed by atoms with van der Waals surface area (Å²) >= 11 is 0. The highest BCUT2D eigenvalue weighted by molar-refractivity contribution is 5.99. The number of nitrogens with zero attached hydrogens (tertiary/aromatic N) is 1. The fourth-order valence-electron chi connectivity index (χ4n) is 4.24. The highest BCUT2D eigenvalue weighted by atomic mass is 16.6. The first-order chi connectivity index (χ1) is 18.1. The molecule has 214 valence electrons. The molecular formula is C31H45N3O5. The quantitative estimate of drug-likeness (QED) is 0.327. The van der Waals surface area contributed by atoms with E-state index in [0.717, 1.165) is 5.56 Å². The van der Waals surface area contributed by atoms with Gasteiger partial charge in [-0.25, -0.2) is 4.79 Å². The lowest BCUT2D eigenvalue weighted by atomic mass is 9.89. The maximum absolute atomic E-state index is 14.5. The summed E-state index contributed by atoms with van der Waals surface area (Å²) in [6.45, 7) is 16.7. The third-order valence-corrected chi connectivity index (χ3v) is 7.00. The average Bonchev–Trinajstić information content (AvgIpc) is 2.85. The Labute approximate surface area is 233 Å². The van der Waals surface area contributed by atoms with E-state index >= 15 is 0 Å². The SMILES string of the molecule is CCC(C)C(NC(=O)OC(C)(C)C)C(=O)N(C(C(=O)Nc1ccccc1C)c1cccc(O)c1)C(C)(C)CC. The number of phenolic OH excluding ortho intramolecular Hbond substituents is 1. The highest BCUT2D eigenvalue weighted by Crippen LogP contribution is 2.35. The van der Waals surface area contributed by atoms with E-state index in [0.29, 0.717) is 24.1 Å². The standard InChI is InChI=1S/C31H45N3O5/c1-10-20(3)25(33-29(38)39-30(5,6)7)28(37)34(31(8,9)11-2)26(22-16-14-17-23(35)19-22)27(36)32-24-18-13-12-15-21(24)4/h12-20,25-26,35H,10-11H2,1-9H3,(H,32,36)(H,33,38). The average molecular weight is 540 g/mol. The van der Waals surface area contributed by atoms with Gasteiger partial charge in [0.2, 0.25) is 5.91 Å². The summed E-state index contributed by atoms with van der Waals surface area (Å²) in [6.07, 6.45) is 0.443. The smallest absolute Gasteiger partial charge is 0.408 e. The van der Waals surface area contributed by atoms with Crippen molar-refractivity contribution >= 4 is 23.6 Å². The number of anilines is 1. The van der Waals surface area contributed by atoms with E-state index in [1.54, 1.807) is 43.9 Å². The summed E-state index contributed by atoms with van der Waals surface area (Å²) in [5.74, 6) is -1.10. The third kappa shape index (κ3) is 8.47. The molecule has 0 aliphatic heterocycles. The first kappa shape index (κ1) is 31.7. The molecular weight excluding hydrogens is 494 g/mol. The molecule has 0 saturated heterocycles. The van der Waals surface area contributed by atoms with Crippen molar-refractivity contribution in [2.45, 2.75) is 98.4 Å². The van der Waals surface area contributed by atoms with E-state index < -0.39 is 41.1 Å². The number of para-hydroxylation sites is 1. The number of amides is 3. The van der Waals surface area contributed by atoms with Gasteiger partial charge in [0.15, 0.2) is 0 Å². The molecule has 3 unspecified atom stereocenters. The van der Waals surface area contributed by atoms with Crippen LogP contribution in [0.1, 0.15) is 85.4 Å². The molecule has 0 fully saturated rings. The molecule has 2 rings (SSSR count). The highest BCUT2D eigenvalue weighted by Gasteiger charge is 2.44. The van der Waals surface area contributed by atoms with Crippen LogP contribution in [0.5, 0.6) is 5.75 Å². The number of aryl methyl sites for hydroxylation is 1. The number of carbonyl (C=O) groups excluding carboxylic acids is 3. The van der Waals surface area contributed by atoms with Crippen LogP contribution in [0.15, 0.2) is 48.5 Å². The van der Waals surface area contributed by atoms with Gasteiger partial charge in [0.25, 0.3) is 5.91 Å². The number of benzene rings is 2. The van der Waals surface area contributed by atoms with Gasteiger partial charge in [-0.15, -0.1) is 0 Å². The van der Waals surface area contributed by atoms with Crippen molar-refractivity contribution in [2.24, 2.45) is 5.92 Å². The summed E-state index contributed by atoms with van der Waals surface area (Å²) in [5, 5.41) is 16.1. The number of ether oxygens (including phenoxy) is 1. The normalized spacial score (nSPS) is 14.1. The largest absolute Gasteiger partial charge is 0.508 e. The Balaban J connectivity index is 2.67. The van der Waals surface area contributed by atoms with Gasteiger partial charge < -0.3 is 25.4 Å². The molecule has 8 nitrogen and oxygen atoms in total. The Hall–Kier alpha value is -3.55. The van der Waals surface area contributed by atoms with E-state index in [2.05, 4.69) is 10.6 Å². The fourth-order valence-corrected chi connectivity index (χ4v) is 4.24. The molecule has 8 heteroatoms. The molecule has 0 aromatic heterocycles. The van der Waals surface area contributed by atoms with Gasteiger partial charge >= 0.3 is 6.09 Å². The van der Waals surface area contributed by atoms with Gasteiger partial charge in [-0.3, -0.25) is 9.59 Å². The zero-order chi connectivity index (χ0) is 29.5. The Morgan fingerprint density at radius 2 is 1.64 bits per heavy atom. The van der Waals surface area contributed by atoms with Crippen LogP contribution in [0.25, 0.3) is 0 Å². The molecule has 39 heavy (non-hydrogen) atoms. The summed E-state index contributed by atoms with van der Waals surface area (Å²) in [7, 11) is 0. The van der Waals surface area contributed by atoms with Gasteiger partial charge in [-0.05, 0) is 83.2 Å². The molecule has 0 aliphatic rings. The molecule has 2 aromatic rings. The molecule has 0 bridgehead atoms. The number of phenols is 1. The van der Waals surface area contributed by atoms with Crippen LogP contribution in [-0.4, -0.2) is 45.1 Å². The van der Waals surface area contributed by atoms with E-state index in [4.69, 9.17) is 4.74 Å². The minimum absolute atomic E-state index is 0.0201. The van der Waals surface area contributed by atoms with Crippen LogP contribution >= 0.6 is 0 Å². The van der Waals surface area contributed by atoms with Crippen molar-refractivity contribution in [3.63, 3.8) is 0 Å². The Bertz CT molecular complexity index is 1150. The maximum atomic E-state index is 14.5. The van der Waals surface area contributed by atoms with Crippen LogP contribution in [0.4, 0.5) is 10.5 Å². The molecule has 0 heterocycles. The van der Waals surface area contributed by atoms with Gasteiger partial charge in [0.05, 0.1) is 0 Å². The van der Waals surface area contributed by atoms with Crippen LogP contribution in [0.3, 0.4) is 0 Å². The van der Waals surface area contributed by atoms with E-state index in [9.17, 15) is 19.5 Å². The number of rotatable bonds is 10. The zero-order valence-corrected chi connectivity index (χ0v) is 24.8. The van der Waals surface area contributed by atoms with E-state index in [-0.39, 0.29) is 11.7 Å². The molecule has 0 spiro atoms. The Morgan fingerprint density at radius 3 is 2.18 bits per heavy atom. The molecule has 3 atom stereocenters. The Morgan fingerprint density at radius 1 is 1.00 bits per heavy atom. The summed E-state index contributed by atoms with van der Waals surface area (Å²) in [4.78, 5) is 42.9. The van der Waals surface area contributed by atoms with Crippen molar-refractivity contribution in [3.8, 4) is 5.75 Å². The van der Waals surface area contributed by atoms with Gasteiger partial charge in [-0.1, -0.05) is 57.5 Å². The summed E-state index contributed by atoms with van der Waals surface area (Å²) < 4.78 is 5.47. The zero-order valence-electron chi connectivity index (χ0n) is 24.8. The number of nitrogens with one attached hydrogen (secondary N) is 2. The molecule has 2 aromatic carbocycles. The van der Waals surface area contributed by atoms with Crippen LogP contribution in [0.2, 0.25) is 0 Å². The van der Waals surface area contributed by atoms with E-state index in [1.807, 2.05) is 59.7 Å². The van der Waals surface area contributed by atoms with Crippen LogP contribution in [0, 0.1) is 12.8 Å². The second-order valence-electron chi connectivity index (χ2n) is 11.7. The molecule has 3 N–H and O–H groups in total. The van der Waals surface area contributed by atoms with Crippen molar-refractivity contribution in [1.29, 1.82) is 0 Å². The second-order valence-corrected chi connectivity index (χ2v) is 11.7. The molecule has 0 saturated carbocycles. The summed E-state index contributed by atoms with van der Waals surface area (Å²) in [5.41, 5.74) is 0.415.